The number of nitrogens with two attached hydrogens (primary N) is 1. The van der Waals surface area contributed by atoms with Crippen LogP contribution in [0.3, 0.4) is 0 Å². The predicted octanol–water partition coefficient (Wildman–Crippen LogP) is 3.17. The number of methoxy groups -OCH3 is 1. The number of nitrogens with one attached hydrogen (secondary N) is 1. The summed E-state index contributed by atoms with van der Waals surface area (Å²) < 4.78 is 5.29. The first-order valence-corrected chi connectivity index (χ1v) is 7.71. The van der Waals surface area contributed by atoms with Gasteiger partial charge >= 0.3 is 0 Å². The number of aromatic nitrogens is 1. The Labute approximate surface area is 125 Å². The summed E-state index contributed by atoms with van der Waals surface area (Å²) in [6, 6.07) is 8.55. The van der Waals surface area contributed by atoms with Crippen LogP contribution in [0.1, 0.15) is 25.7 Å². The summed E-state index contributed by atoms with van der Waals surface area (Å²) in [6.07, 6.45) is 6.81. The number of pyridine rings is 1. The van der Waals surface area contributed by atoms with Crippen molar-refractivity contribution in [3.05, 3.63) is 30.5 Å². The molecule has 1 heterocycles. The first-order valence-electron chi connectivity index (χ1n) is 7.71. The van der Waals surface area contributed by atoms with Crippen molar-refractivity contribution in [2.45, 2.75) is 31.7 Å². The average molecular weight is 285 g/mol. The van der Waals surface area contributed by atoms with Crippen LogP contribution < -0.4 is 15.8 Å². The fourth-order valence-corrected chi connectivity index (χ4v) is 3.25. The van der Waals surface area contributed by atoms with Gasteiger partial charge in [0, 0.05) is 17.6 Å². The molecule has 3 N–H and O–H groups in total. The van der Waals surface area contributed by atoms with E-state index in [2.05, 4.69) is 16.4 Å². The minimum absolute atomic E-state index is 0.434. The van der Waals surface area contributed by atoms with E-state index >= 15 is 0 Å². The molecule has 0 amide bonds. The van der Waals surface area contributed by atoms with Gasteiger partial charge in [-0.1, -0.05) is 12.8 Å². The molecule has 3 rings (SSSR count). The zero-order valence-corrected chi connectivity index (χ0v) is 12.5. The number of anilines is 1. The van der Waals surface area contributed by atoms with E-state index in [0.717, 1.165) is 28.9 Å². The maximum absolute atomic E-state index is 5.92. The van der Waals surface area contributed by atoms with Gasteiger partial charge in [0.2, 0.25) is 0 Å². The van der Waals surface area contributed by atoms with E-state index in [1.54, 1.807) is 7.11 Å². The first-order chi connectivity index (χ1) is 10.3. The summed E-state index contributed by atoms with van der Waals surface area (Å²) in [6.45, 7) is 0.746. The van der Waals surface area contributed by atoms with Gasteiger partial charge in [-0.2, -0.15) is 0 Å². The number of benzene rings is 1. The highest BCUT2D eigenvalue weighted by molar-refractivity contribution is 5.92. The molecule has 4 heteroatoms. The van der Waals surface area contributed by atoms with Crippen molar-refractivity contribution >= 4 is 16.6 Å². The number of nitrogens with zero attached hydrogens (tertiary/aromatic N) is 1. The summed E-state index contributed by atoms with van der Waals surface area (Å²) in [7, 11) is 1.69. The fourth-order valence-electron chi connectivity index (χ4n) is 3.25. The van der Waals surface area contributed by atoms with Crippen LogP contribution in [0.2, 0.25) is 0 Å². The van der Waals surface area contributed by atoms with Gasteiger partial charge in [-0.25, -0.2) is 4.98 Å². The summed E-state index contributed by atoms with van der Waals surface area (Å²) >= 11 is 0. The van der Waals surface area contributed by atoms with Crippen LogP contribution in [0.25, 0.3) is 10.8 Å². The summed E-state index contributed by atoms with van der Waals surface area (Å²) in [5.41, 5.74) is 5.92. The highest BCUT2D eigenvalue weighted by Gasteiger charge is 2.24. The third kappa shape index (κ3) is 2.95. The quantitative estimate of drug-likeness (QED) is 0.906. The van der Waals surface area contributed by atoms with Gasteiger partial charge in [-0.05, 0) is 55.0 Å². The molecule has 0 aliphatic heterocycles. The molecule has 2 unspecified atom stereocenters. The SMILES string of the molecule is COc1ccc2c(NC3CCCCC3CN)nccc2c1. The van der Waals surface area contributed by atoms with Crippen LogP contribution in [0.5, 0.6) is 5.75 Å². The van der Waals surface area contributed by atoms with E-state index in [1.165, 1.54) is 25.7 Å². The highest BCUT2D eigenvalue weighted by atomic mass is 16.5. The molecule has 1 aromatic carbocycles. The van der Waals surface area contributed by atoms with Crippen molar-refractivity contribution in [1.29, 1.82) is 0 Å². The van der Waals surface area contributed by atoms with Crippen molar-refractivity contribution in [3.8, 4) is 5.75 Å². The average Bonchev–Trinajstić information content (AvgIpc) is 2.55. The summed E-state index contributed by atoms with van der Waals surface area (Å²) in [5.74, 6) is 2.38. The number of hydrogen-bond donors (Lipinski definition) is 2. The van der Waals surface area contributed by atoms with E-state index in [9.17, 15) is 0 Å². The van der Waals surface area contributed by atoms with Crippen LogP contribution in [0.4, 0.5) is 5.82 Å². The Balaban J connectivity index is 1.89. The highest BCUT2D eigenvalue weighted by Crippen LogP contribution is 2.30. The number of fused-ring (bicyclic) bond motifs is 1. The lowest BCUT2D eigenvalue weighted by molar-refractivity contribution is 0.332. The second-order valence-corrected chi connectivity index (χ2v) is 5.78. The van der Waals surface area contributed by atoms with Gasteiger partial charge in [-0.15, -0.1) is 0 Å². The smallest absolute Gasteiger partial charge is 0.134 e. The van der Waals surface area contributed by atoms with Crippen LogP contribution in [-0.2, 0) is 0 Å². The van der Waals surface area contributed by atoms with Crippen molar-refractivity contribution in [1.82, 2.24) is 4.98 Å². The lowest BCUT2D eigenvalue weighted by Gasteiger charge is -2.32. The molecule has 0 spiro atoms. The van der Waals surface area contributed by atoms with Crippen molar-refractivity contribution in [2.75, 3.05) is 19.0 Å². The first kappa shape index (κ1) is 14.1. The van der Waals surface area contributed by atoms with Gasteiger partial charge in [0.15, 0.2) is 0 Å². The molecular weight excluding hydrogens is 262 g/mol. The Morgan fingerprint density at radius 3 is 2.95 bits per heavy atom. The number of rotatable bonds is 4. The van der Waals surface area contributed by atoms with Crippen LogP contribution >= 0.6 is 0 Å². The van der Waals surface area contributed by atoms with Crippen LogP contribution in [0.15, 0.2) is 30.5 Å². The number of ether oxygens (including phenoxy) is 1. The maximum Gasteiger partial charge on any atom is 0.134 e. The Kier molecular flexibility index (Phi) is 4.25. The minimum Gasteiger partial charge on any atom is -0.497 e. The van der Waals surface area contributed by atoms with E-state index in [0.29, 0.717) is 12.0 Å². The topological polar surface area (TPSA) is 60.2 Å². The molecule has 112 valence electrons. The van der Waals surface area contributed by atoms with E-state index in [1.807, 2.05) is 24.4 Å². The Bertz CT molecular complexity index is 614. The molecule has 1 fully saturated rings. The largest absolute Gasteiger partial charge is 0.497 e. The standard InChI is InChI=1S/C17H23N3O/c1-21-14-6-7-15-12(10-14)8-9-19-17(15)20-16-5-3-2-4-13(16)11-18/h6-10,13,16H,2-5,11,18H2,1H3,(H,19,20). The monoisotopic (exact) mass is 285 g/mol. The molecule has 1 saturated carbocycles. The fraction of sp³-hybridized carbons (Fsp3) is 0.471. The Hall–Kier alpha value is -1.81. The summed E-state index contributed by atoms with van der Waals surface area (Å²) in [4.78, 5) is 4.53. The molecule has 1 aliphatic carbocycles. The van der Waals surface area contributed by atoms with Gasteiger partial charge in [0.1, 0.15) is 11.6 Å². The molecule has 21 heavy (non-hydrogen) atoms. The van der Waals surface area contributed by atoms with Gasteiger partial charge in [-0.3, -0.25) is 0 Å². The van der Waals surface area contributed by atoms with E-state index < -0.39 is 0 Å². The second-order valence-electron chi connectivity index (χ2n) is 5.78. The third-order valence-electron chi connectivity index (χ3n) is 4.51. The zero-order valence-electron chi connectivity index (χ0n) is 12.5. The molecule has 1 aromatic heterocycles. The molecule has 2 atom stereocenters. The molecule has 0 bridgehead atoms. The van der Waals surface area contributed by atoms with E-state index in [-0.39, 0.29) is 0 Å². The van der Waals surface area contributed by atoms with Crippen LogP contribution in [-0.4, -0.2) is 24.7 Å². The molecule has 1 aliphatic rings. The second kappa shape index (κ2) is 6.31. The zero-order chi connectivity index (χ0) is 14.7. The van der Waals surface area contributed by atoms with Crippen molar-refractivity contribution in [2.24, 2.45) is 11.7 Å². The molecule has 0 saturated heterocycles. The maximum atomic E-state index is 5.92. The van der Waals surface area contributed by atoms with Gasteiger partial charge < -0.3 is 15.8 Å². The normalized spacial score (nSPS) is 22.2. The lowest BCUT2D eigenvalue weighted by Crippen LogP contribution is -2.37. The molecule has 0 radical (unpaired) electrons. The van der Waals surface area contributed by atoms with Gasteiger partial charge in [0.05, 0.1) is 7.11 Å². The van der Waals surface area contributed by atoms with Gasteiger partial charge in [0.25, 0.3) is 0 Å². The van der Waals surface area contributed by atoms with Crippen molar-refractivity contribution in [3.63, 3.8) is 0 Å². The third-order valence-corrected chi connectivity index (χ3v) is 4.51. The van der Waals surface area contributed by atoms with Crippen LogP contribution in [0, 0.1) is 5.92 Å². The Morgan fingerprint density at radius 2 is 2.14 bits per heavy atom. The van der Waals surface area contributed by atoms with E-state index in [4.69, 9.17) is 10.5 Å². The Morgan fingerprint density at radius 1 is 1.29 bits per heavy atom. The minimum atomic E-state index is 0.434. The lowest BCUT2D eigenvalue weighted by atomic mass is 9.84. The molecular formula is C17H23N3O. The number of hydrogen-bond acceptors (Lipinski definition) is 4. The predicted molar refractivity (Wildman–Crippen MR) is 86.7 cm³/mol. The molecule has 2 aromatic rings. The molecule has 4 nitrogen and oxygen atoms in total. The van der Waals surface area contributed by atoms with Crippen molar-refractivity contribution < 1.29 is 4.74 Å². The summed E-state index contributed by atoms with van der Waals surface area (Å²) in [5, 5.41) is 5.91.